The van der Waals surface area contributed by atoms with Crippen LogP contribution in [0.2, 0.25) is 0 Å². The number of nitrogen functional groups attached to an aromatic ring is 1. The van der Waals surface area contributed by atoms with Gasteiger partial charge in [-0.15, -0.1) is 0 Å². The summed E-state index contributed by atoms with van der Waals surface area (Å²) in [5.41, 5.74) is 5.87. The van der Waals surface area contributed by atoms with E-state index >= 15 is 0 Å². The van der Waals surface area contributed by atoms with Gasteiger partial charge in [0, 0.05) is 30.0 Å². The van der Waals surface area contributed by atoms with Gasteiger partial charge in [0.05, 0.1) is 12.2 Å². The smallest absolute Gasteiger partial charge is 0.265 e. The molecule has 17 heavy (non-hydrogen) atoms. The second-order valence-corrected chi connectivity index (χ2v) is 4.16. The summed E-state index contributed by atoms with van der Waals surface area (Å²) in [5, 5.41) is 18.8. The Morgan fingerprint density at radius 2 is 1.82 bits per heavy atom. The molecule has 0 bridgehead atoms. The van der Waals surface area contributed by atoms with Crippen molar-refractivity contribution < 1.29 is 19.0 Å². The zero-order valence-corrected chi connectivity index (χ0v) is 9.05. The lowest BCUT2D eigenvalue weighted by Crippen LogP contribution is -2.22. The van der Waals surface area contributed by atoms with Gasteiger partial charge in [0.15, 0.2) is 0 Å². The highest BCUT2D eigenvalue weighted by molar-refractivity contribution is 5.61. The van der Waals surface area contributed by atoms with Gasteiger partial charge in [-0.05, 0) is 18.2 Å². The number of aliphatic hydroxyl groups is 2. The number of aliphatic hydroxyl groups excluding tert-OH is 2. The Morgan fingerprint density at radius 3 is 2.35 bits per heavy atom. The molecule has 1 aliphatic heterocycles. The summed E-state index contributed by atoms with van der Waals surface area (Å²) in [4.78, 5) is 1.54. The Kier molecular flexibility index (Phi) is 3.17. The molecule has 0 spiro atoms. The van der Waals surface area contributed by atoms with Crippen molar-refractivity contribution in [2.75, 3.05) is 23.7 Å². The van der Waals surface area contributed by atoms with Gasteiger partial charge in [-0.25, -0.2) is 8.78 Å². The Morgan fingerprint density at radius 1 is 1.24 bits per heavy atom. The summed E-state index contributed by atoms with van der Waals surface area (Å²) in [7, 11) is 0. The summed E-state index contributed by atoms with van der Waals surface area (Å²) in [5.74, 6) is 0. The van der Waals surface area contributed by atoms with E-state index in [-0.39, 0.29) is 24.3 Å². The Labute approximate surface area is 97.3 Å². The molecular formula is C11H14F2N2O2. The fraction of sp³-hybridized carbons (Fsp3) is 0.455. The number of nitrogens with two attached hydrogens (primary N) is 1. The Balaban J connectivity index is 2.32. The van der Waals surface area contributed by atoms with Crippen molar-refractivity contribution in [2.24, 2.45) is 0 Å². The number of hydrogen-bond donors (Lipinski definition) is 3. The molecule has 0 saturated carbocycles. The second kappa shape index (κ2) is 4.46. The molecule has 1 aromatic rings. The molecule has 1 heterocycles. The van der Waals surface area contributed by atoms with E-state index in [1.165, 1.54) is 23.1 Å². The van der Waals surface area contributed by atoms with Crippen LogP contribution in [0.15, 0.2) is 18.2 Å². The van der Waals surface area contributed by atoms with Crippen molar-refractivity contribution >= 4 is 11.4 Å². The number of benzene rings is 1. The van der Waals surface area contributed by atoms with Gasteiger partial charge >= 0.3 is 0 Å². The van der Waals surface area contributed by atoms with Gasteiger partial charge in [0.25, 0.3) is 6.43 Å². The van der Waals surface area contributed by atoms with Gasteiger partial charge in [0.1, 0.15) is 0 Å². The van der Waals surface area contributed by atoms with Crippen LogP contribution in [0.5, 0.6) is 0 Å². The zero-order chi connectivity index (χ0) is 12.6. The minimum absolute atomic E-state index is 0.144. The lowest BCUT2D eigenvalue weighted by atomic mass is 10.1. The van der Waals surface area contributed by atoms with Crippen LogP contribution in [0, 0.1) is 0 Å². The minimum atomic E-state index is -2.64. The predicted octanol–water partition coefficient (Wildman–Crippen LogP) is 0.748. The van der Waals surface area contributed by atoms with E-state index in [1.54, 1.807) is 0 Å². The van der Waals surface area contributed by atoms with E-state index in [0.29, 0.717) is 5.69 Å². The van der Waals surface area contributed by atoms with Crippen LogP contribution in [-0.2, 0) is 0 Å². The largest absolute Gasteiger partial charge is 0.399 e. The first-order valence-corrected chi connectivity index (χ1v) is 5.27. The lowest BCUT2D eigenvalue weighted by Gasteiger charge is -2.21. The molecule has 0 amide bonds. The molecule has 0 aliphatic carbocycles. The van der Waals surface area contributed by atoms with E-state index in [1.807, 2.05) is 0 Å². The fourth-order valence-corrected chi connectivity index (χ4v) is 2.00. The van der Waals surface area contributed by atoms with E-state index in [2.05, 4.69) is 0 Å². The highest BCUT2D eigenvalue weighted by Gasteiger charge is 2.31. The van der Waals surface area contributed by atoms with Gasteiger partial charge in [0.2, 0.25) is 0 Å². The van der Waals surface area contributed by atoms with Crippen LogP contribution >= 0.6 is 0 Å². The molecule has 1 aliphatic rings. The molecule has 0 aromatic heterocycles. The number of hydrogen-bond acceptors (Lipinski definition) is 4. The maximum atomic E-state index is 12.8. The minimum Gasteiger partial charge on any atom is -0.399 e. The second-order valence-electron chi connectivity index (χ2n) is 4.16. The van der Waals surface area contributed by atoms with Crippen LogP contribution in [0.4, 0.5) is 20.2 Å². The third kappa shape index (κ3) is 2.32. The van der Waals surface area contributed by atoms with E-state index in [4.69, 9.17) is 5.73 Å². The third-order valence-electron chi connectivity index (χ3n) is 2.89. The number of anilines is 2. The highest BCUT2D eigenvalue weighted by Crippen LogP contribution is 2.33. The average molecular weight is 244 g/mol. The maximum Gasteiger partial charge on any atom is 0.265 e. The summed E-state index contributed by atoms with van der Waals surface area (Å²) in [6.45, 7) is 0.287. The van der Waals surface area contributed by atoms with Crippen molar-refractivity contribution in [3.05, 3.63) is 23.8 Å². The maximum absolute atomic E-state index is 12.8. The molecular weight excluding hydrogens is 230 g/mol. The van der Waals surface area contributed by atoms with Crippen LogP contribution in [-0.4, -0.2) is 35.5 Å². The molecule has 2 unspecified atom stereocenters. The quantitative estimate of drug-likeness (QED) is 0.671. The molecule has 1 fully saturated rings. The third-order valence-corrected chi connectivity index (χ3v) is 2.89. The van der Waals surface area contributed by atoms with Gasteiger partial charge in [-0.1, -0.05) is 0 Å². The normalized spacial score (nSPS) is 24.6. The molecule has 94 valence electrons. The molecule has 2 atom stereocenters. The van der Waals surface area contributed by atoms with Crippen molar-refractivity contribution in [2.45, 2.75) is 18.6 Å². The monoisotopic (exact) mass is 244 g/mol. The van der Waals surface area contributed by atoms with Gasteiger partial charge in [-0.2, -0.15) is 0 Å². The number of rotatable bonds is 2. The van der Waals surface area contributed by atoms with Crippen molar-refractivity contribution in [1.82, 2.24) is 0 Å². The van der Waals surface area contributed by atoms with Crippen molar-refractivity contribution in [3.8, 4) is 0 Å². The number of halogens is 2. The number of nitrogens with zero attached hydrogens (tertiary/aromatic N) is 1. The van der Waals surface area contributed by atoms with E-state index in [9.17, 15) is 19.0 Å². The SMILES string of the molecule is Nc1ccc(N2CC(O)C(O)C2)c(C(F)F)c1. The summed E-state index contributed by atoms with van der Waals surface area (Å²) >= 11 is 0. The lowest BCUT2D eigenvalue weighted by molar-refractivity contribution is 0.0572. The summed E-state index contributed by atoms with van der Waals surface area (Å²) in [6.07, 6.45) is -4.44. The molecule has 4 N–H and O–H groups in total. The molecule has 0 radical (unpaired) electrons. The first-order chi connectivity index (χ1) is 7.99. The van der Waals surface area contributed by atoms with E-state index < -0.39 is 18.6 Å². The van der Waals surface area contributed by atoms with Gasteiger partial charge < -0.3 is 20.8 Å². The number of β-amino-alcohol motifs (C(OH)–C–C–N with tert-alkyl or cyclic N) is 2. The van der Waals surface area contributed by atoms with Crippen LogP contribution < -0.4 is 10.6 Å². The molecule has 6 heteroatoms. The van der Waals surface area contributed by atoms with Crippen LogP contribution in [0.25, 0.3) is 0 Å². The molecule has 4 nitrogen and oxygen atoms in total. The summed E-state index contributed by atoms with van der Waals surface area (Å²) in [6, 6.07) is 4.23. The Bertz CT molecular complexity index is 404. The molecule has 1 saturated heterocycles. The van der Waals surface area contributed by atoms with Gasteiger partial charge in [-0.3, -0.25) is 0 Å². The standard InChI is InChI=1S/C11H14F2N2O2/c12-11(13)7-3-6(14)1-2-8(7)15-4-9(16)10(17)5-15/h1-3,9-11,16-17H,4-5,14H2. The van der Waals surface area contributed by atoms with Crippen molar-refractivity contribution in [3.63, 3.8) is 0 Å². The predicted molar refractivity (Wildman–Crippen MR) is 60.0 cm³/mol. The number of alkyl halides is 2. The average Bonchev–Trinajstić information content (AvgIpc) is 2.59. The van der Waals surface area contributed by atoms with Crippen LogP contribution in [0.1, 0.15) is 12.0 Å². The van der Waals surface area contributed by atoms with Crippen molar-refractivity contribution in [1.29, 1.82) is 0 Å². The first-order valence-electron chi connectivity index (χ1n) is 5.27. The van der Waals surface area contributed by atoms with E-state index in [0.717, 1.165) is 0 Å². The molecule has 1 aromatic carbocycles. The summed E-state index contributed by atoms with van der Waals surface area (Å²) < 4.78 is 25.7. The Hall–Kier alpha value is -1.40. The first kappa shape index (κ1) is 12.1. The van der Waals surface area contributed by atoms with Crippen LogP contribution in [0.3, 0.4) is 0 Å². The zero-order valence-electron chi connectivity index (χ0n) is 9.05. The fourth-order valence-electron chi connectivity index (χ4n) is 2.00. The highest BCUT2D eigenvalue weighted by atomic mass is 19.3. The molecule has 2 rings (SSSR count). The topological polar surface area (TPSA) is 69.7 Å².